The summed E-state index contributed by atoms with van der Waals surface area (Å²) in [5.41, 5.74) is 5.13. The van der Waals surface area contributed by atoms with Crippen LogP contribution in [0.4, 0.5) is 5.69 Å². The second kappa shape index (κ2) is 5.78. The third-order valence-electron chi connectivity index (χ3n) is 1.83. The molecule has 0 heterocycles. The zero-order chi connectivity index (χ0) is 12.1. The first-order chi connectivity index (χ1) is 7.54. The Balaban J connectivity index is 2.78. The predicted molar refractivity (Wildman–Crippen MR) is 61.4 cm³/mol. The average molecular weight is 291 g/mol. The quantitative estimate of drug-likeness (QED) is 0.624. The fourth-order valence-electron chi connectivity index (χ4n) is 0.970. The van der Waals surface area contributed by atoms with Crippen molar-refractivity contribution < 1.29 is 14.8 Å². The van der Waals surface area contributed by atoms with Crippen molar-refractivity contribution in [2.24, 2.45) is 5.73 Å². The van der Waals surface area contributed by atoms with Crippen molar-refractivity contribution in [3.8, 4) is 5.75 Å². The van der Waals surface area contributed by atoms with Gasteiger partial charge in [-0.2, -0.15) is 0 Å². The second-order valence-electron chi connectivity index (χ2n) is 3.07. The number of aliphatic hydroxyl groups excluding tert-OH is 1. The largest absolute Gasteiger partial charge is 0.489 e. The number of nitro groups is 1. The zero-order valence-electron chi connectivity index (χ0n) is 8.30. The van der Waals surface area contributed by atoms with Crippen LogP contribution in [0.15, 0.2) is 22.7 Å². The van der Waals surface area contributed by atoms with E-state index in [1.807, 2.05) is 0 Å². The third-order valence-corrected chi connectivity index (χ3v) is 2.48. The van der Waals surface area contributed by atoms with Crippen LogP contribution in [-0.4, -0.2) is 29.3 Å². The highest BCUT2D eigenvalue weighted by atomic mass is 79.9. The molecule has 1 unspecified atom stereocenters. The van der Waals surface area contributed by atoms with E-state index >= 15 is 0 Å². The second-order valence-corrected chi connectivity index (χ2v) is 3.93. The number of hydrogen-bond donors (Lipinski definition) is 2. The topological polar surface area (TPSA) is 98.6 Å². The fraction of sp³-hybridized carbons (Fsp3) is 0.333. The summed E-state index contributed by atoms with van der Waals surface area (Å²) in [6.45, 7) is 0.0722. The maximum Gasteiger partial charge on any atom is 0.273 e. The summed E-state index contributed by atoms with van der Waals surface area (Å²) in [5.74, 6) is 0.307. The highest BCUT2D eigenvalue weighted by Gasteiger charge is 2.11. The van der Waals surface area contributed by atoms with E-state index in [-0.39, 0.29) is 18.8 Å². The number of hydrogen-bond acceptors (Lipinski definition) is 5. The Morgan fingerprint density at radius 1 is 1.62 bits per heavy atom. The van der Waals surface area contributed by atoms with Crippen LogP contribution in [0.1, 0.15) is 0 Å². The molecule has 16 heavy (non-hydrogen) atoms. The highest BCUT2D eigenvalue weighted by molar-refractivity contribution is 9.10. The van der Waals surface area contributed by atoms with Gasteiger partial charge in [0.2, 0.25) is 0 Å². The third kappa shape index (κ3) is 3.44. The lowest BCUT2D eigenvalue weighted by molar-refractivity contribution is -0.385. The normalized spacial score (nSPS) is 12.2. The van der Waals surface area contributed by atoms with Gasteiger partial charge in [-0.15, -0.1) is 0 Å². The molecule has 1 rings (SSSR count). The van der Waals surface area contributed by atoms with Crippen LogP contribution in [0.5, 0.6) is 5.75 Å². The van der Waals surface area contributed by atoms with E-state index in [1.54, 1.807) is 0 Å². The molecule has 3 N–H and O–H groups in total. The van der Waals surface area contributed by atoms with Crippen LogP contribution >= 0.6 is 15.9 Å². The molecule has 0 aliphatic heterocycles. The SMILES string of the molecule is NCC(O)COc1cc([N+](=O)[O-])ccc1Br. The molecular weight excluding hydrogens is 280 g/mol. The lowest BCUT2D eigenvalue weighted by Crippen LogP contribution is -2.26. The highest BCUT2D eigenvalue weighted by Crippen LogP contribution is 2.29. The van der Waals surface area contributed by atoms with E-state index in [2.05, 4.69) is 15.9 Å². The van der Waals surface area contributed by atoms with E-state index in [0.29, 0.717) is 10.2 Å². The van der Waals surface area contributed by atoms with Gasteiger partial charge in [0.25, 0.3) is 5.69 Å². The Morgan fingerprint density at radius 3 is 2.88 bits per heavy atom. The molecular formula is C9H11BrN2O4. The number of ether oxygens (including phenoxy) is 1. The zero-order valence-corrected chi connectivity index (χ0v) is 9.88. The fourth-order valence-corrected chi connectivity index (χ4v) is 1.33. The first-order valence-electron chi connectivity index (χ1n) is 4.49. The molecule has 88 valence electrons. The first kappa shape index (κ1) is 12.9. The Morgan fingerprint density at radius 2 is 2.31 bits per heavy atom. The van der Waals surface area contributed by atoms with Crippen LogP contribution in [0.25, 0.3) is 0 Å². The molecule has 0 amide bonds. The molecule has 6 nitrogen and oxygen atoms in total. The summed E-state index contributed by atoms with van der Waals surface area (Å²) in [6.07, 6.45) is -0.786. The van der Waals surface area contributed by atoms with Gasteiger partial charge in [0.15, 0.2) is 0 Å². The maximum atomic E-state index is 10.5. The number of halogens is 1. The van der Waals surface area contributed by atoms with Gasteiger partial charge in [0.05, 0.1) is 15.5 Å². The Hall–Kier alpha value is -1.18. The number of rotatable bonds is 5. The Labute approximate surface area is 100 Å². The minimum absolute atomic E-state index is 0.00370. The lowest BCUT2D eigenvalue weighted by Gasteiger charge is -2.11. The van der Waals surface area contributed by atoms with Crippen LogP contribution in [-0.2, 0) is 0 Å². The number of nitrogens with two attached hydrogens (primary N) is 1. The molecule has 0 saturated carbocycles. The van der Waals surface area contributed by atoms with Crippen molar-refractivity contribution >= 4 is 21.6 Å². The molecule has 1 aromatic rings. The number of nitrogens with zero attached hydrogens (tertiary/aromatic N) is 1. The Kier molecular flexibility index (Phi) is 4.66. The van der Waals surface area contributed by atoms with Crippen LogP contribution in [0.2, 0.25) is 0 Å². The van der Waals surface area contributed by atoms with Gasteiger partial charge >= 0.3 is 0 Å². The van der Waals surface area contributed by atoms with Gasteiger partial charge in [0, 0.05) is 12.6 Å². The van der Waals surface area contributed by atoms with Gasteiger partial charge in [-0.25, -0.2) is 0 Å². The number of benzene rings is 1. The summed E-state index contributed by atoms with van der Waals surface area (Å²) in [7, 11) is 0. The van der Waals surface area contributed by atoms with Crippen molar-refractivity contribution in [2.75, 3.05) is 13.2 Å². The lowest BCUT2D eigenvalue weighted by atomic mass is 10.3. The van der Waals surface area contributed by atoms with Gasteiger partial charge in [0.1, 0.15) is 18.5 Å². The van der Waals surface area contributed by atoms with Gasteiger partial charge in [-0.3, -0.25) is 10.1 Å². The average Bonchev–Trinajstić information content (AvgIpc) is 2.27. The smallest absolute Gasteiger partial charge is 0.273 e. The summed E-state index contributed by atoms with van der Waals surface area (Å²) < 4.78 is 5.78. The number of aliphatic hydroxyl groups is 1. The van der Waals surface area contributed by atoms with Crippen molar-refractivity contribution in [2.45, 2.75) is 6.10 Å². The maximum absolute atomic E-state index is 10.5. The molecule has 0 fully saturated rings. The van der Waals surface area contributed by atoms with Gasteiger partial charge in [-0.05, 0) is 22.0 Å². The summed E-state index contributed by atoms with van der Waals surface area (Å²) >= 11 is 3.19. The molecule has 0 bridgehead atoms. The van der Waals surface area contributed by atoms with Crippen molar-refractivity contribution in [3.63, 3.8) is 0 Å². The van der Waals surface area contributed by atoms with Gasteiger partial charge < -0.3 is 15.6 Å². The molecule has 0 radical (unpaired) electrons. The monoisotopic (exact) mass is 290 g/mol. The number of non-ortho nitro benzene ring substituents is 1. The van der Waals surface area contributed by atoms with E-state index < -0.39 is 11.0 Å². The van der Waals surface area contributed by atoms with E-state index in [9.17, 15) is 15.2 Å². The van der Waals surface area contributed by atoms with E-state index in [0.717, 1.165) is 0 Å². The molecule has 1 aromatic carbocycles. The van der Waals surface area contributed by atoms with E-state index in [1.165, 1.54) is 18.2 Å². The molecule has 0 aliphatic carbocycles. The molecule has 0 aliphatic rings. The predicted octanol–water partition coefficient (Wildman–Crippen LogP) is 1.06. The molecule has 7 heteroatoms. The summed E-state index contributed by atoms with van der Waals surface area (Å²) in [5, 5.41) is 19.7. The van der Waals surface area contributed by atoms with Crippen molar-refractivity contribution in [1.29, 1.82) is 0 Å². The van der Waals surface area contributed by atoms with Gasteiger partial charge in [-0.1, -0.05) is 0 Å². The summed E-state index contributed by atoms with van der Waals surface area (Å²) in [4.78, 5) is 10.0. The van der Waals surface area contributed by atoms with Crippen molar-refractivity contribution in [3.05, 3.63) is 32.8 Å². The number of nitro benzene ring substituents is 1. The minimum atomic E-state index is -0.786. The van der Waals surface area contributed by atoms with Crippen molar-refractivity contribution in [1.82, 2.24) is 0 Å². The van der Waals surface area contributed by atoms with Crippen LogP contribution in [0.3, 0.4) is 0 Å². The van der Waals surface area contributed by atoms with Crippen LogP contribution in [0, 0.1) is 10.1 Å². The van der Waals surface area contributed by atoms with Crippen LogP contribution < -0.4 is 10.5 Å². The Bertz CT molecular complexity index is 386. The first-order valence-corrected chi connectivity index (χ1v) is 5.28. The standard InChI is InChI=1S/C9H11BrN2O4/c10-8-2-1-6(12(14)15)3-9(8)16-5-7(13)4-11/h1-3,7,13H,4-5,11H2. The van der Waals surface area contributed by atoms with E-state index in [4.69, 9.17) is 10.5 Å². The molecule has 0 saturated heterocycles. The molecule has 0 spiro atoms. The molecule has 0 aromatic heterocycles. The molecule has 1 atom stereocenters. The minimum Gasteiger partial charge on any atom is -0.489 e. The summed E-state index contributed by atoms with van der Waals surface area (Å²) in [6, 6.07) is 4.16.